The van der Waals surface area contributed by atoms with Crippen molar-refractivity contribution in [3.8, 4) is 17.2 Å². The van der Waals surface area contributed by atoms with Crippen LogP contribution in [0.1, 0.15) is 11.7 Å². The van der Waals surface area contributed by atoms with Crippen LogP contribution < -0.4 is 14.2 Å². The molecule has 0 bridgehead atoms. The molecule has 0 aliphatic carbocycles. The number of esters is 1. The third-order valence-corrected chi connectivity index (χ3v) is 2.45. The Kier molecular flexibility index (Phi) is 3.06. The number of carbonyl (C=O) groups is 1. The second-order valence-electron chi connectivity index (χ2n) is 3.35. The maximum Gasteiger partial charge on any atom is 0.339 e. The van der Waals surface area contributed by atoms with Crippen molar-refractivity contribution in [2.24, 2.45) is 0 Å². The summed E-state index contributed by atoms with van der Waals surface area (Å²) in [6, 6.07) is 3.14. The van der Waals surface area contributed by atoms with Gasteiger partial charge in [-0.05, 0) is 12.1 Å². The first kappa shape index (κ1) is 11.5. The lowest BCUT2D eigenvalue weighted by Crippen LogP contribution is -2.14. The molecule has 17 heavy (non-hydrogen) atoms. The van der Waals surface area contributed by atoms with Crippen LogP contribution in [0.2, 0.25) is 0 Å². The zero-order valence-corrected chi connectivity index (χ0v) is 9.43. The van der Waals surface area contributed by atoms with Crippen molar-refractivity contribution in [2.45, 2.75) is 6.10 Å². The van der Waals surface area contributed by atoms with Crippen LogP contribution in [-0.4, -0.2) is 32.1 Å². The van der Waals surface area contributed by atoms with Gasteiger partial charge in [0.05, 0.1) is 14.2 Å². The molecule has 0 aromatic heterocycles. The highest BCUT2D eigenvalue weighted by Gasteiger charge is 2.28. The average Bonchev–Trinajstić information content (AvgIpc) is 2.83. The highest BCUT2D eigenvalue weighted by atomic mass is 16.7. The molecular formula is C11H12O6. The predicted octanol–water partition coefficient (Wildman–Crippen LogP) is 0.630. The molecule has 92 valence electrons. The molecule has 0 saturated heterocycles. The first-order valence-electron chi connectivity index (χ1n) is 4.91. The molecule has 1 aliphatic rings. The fraction of sp³-hybridized carbons (Fsp3) is 0.364. The molecule has 1 aromatic rings. The van der Waals surface area contributed by atoms with E-state index in [0.717, 1.165) is 0 Å². The van der Waals surface area contributed by atoms with Crippen molar-refractivity contribution in [1.29, 1.82) is 0 Å². The van der Waals surface area contributed by atoms with Gasteiger partial charge in [-0.1, -0.05) is 0 Å². The second kappa shape index (κ2) is 4.50. The van der Waals surface area contributed by atoms with Crippen LogP contribution in [0.3, 0.4) is 0 Å². The highest BCUT2D eigenvalue weighted by Crippen LogP contribution is 2.44. The van der Waals surface area contributed by atoms with Gasteiger partial charge < -0.3 is 24.1 Å². The number of benzene rings is 1. The van der Waals surface area contributed by atoms with Crippen LogP contribution in [0.4, 0.5) is 0 Å². The SMILES string of the molecule is COC(=O)C(O)c1ccc2c(c1OC)OCO2. The number of hydrogen-bond acceptors (Lipinski definition) is 6. The van der Waals surface area contributed by atoms with E-state index in [1.807, 2.05) is 0 Å². The number of aliphatic hydroxyl groups excluding tert-OH is 1. The summed E-state index contributed by atoms with van der Waals surface area (Å²) in [6.45, 7) is 0.0868. The van der Waals surface area contributed by atoms with Crippen LogP contribution in [0, 0.1) is 0 Å². The van der Waals surface area contributed by atoms with Gasteiger partial charge >= 0.3 is 5.97 Å². The van der Waals surface area contributed by atoms with Gasteiger partial charge in [0.1, 0.15) is 0 Å². The Morgan fingerprint density at radius 3 is 2.82 bits per heavy atom. The molecule has 1 heterocycles. The van der Waals surface area contributed by atoms with Crippen LogP contribution in [0.15, 0.2) is 12.1 Å². The molecule has 0 fully saturated rings. The molecule has 0 amide bonds. The van der Waals surface area contributed by atoms with Gasteiger partial charge in [0.15, 0.2) is 17.6 Å². The molecule has 1 aliphatic heterocycles. The third-order valence-electron chi connectivity index (χ3n) is 2.45. The van der Waals surface area contributed by atoms with Gasteiger partial charge in [-0.15, -0.1) is 0 Å². The number of fused-ring (bicyclic) bond motifs is 1. The Labute approximate surface area is 97.7 Å². The monoisotopic (exact) mass is 240 g/mol. The van der Waals surface area contributed by atoms with E-state index < -0.39 is 12.1 Å². The summed E-state index contributed by atoms with van der Waals surface area (Å²) in [4.78, 5) is 11.3. The molecule has 1 aromatic carbocycles. The molecule has 6 heteroatoms. The topological polar surface area (TPSA) is 74.2 Å². The first-order chi connectivity index (χ1) is 8.19. The Hall–Kier alpha value is -1.95. The maximum absolute atomic E-state index is 11.3. The summed E-state index contributed by atoms with van der Waals surface area (Å²) in [5, 5.41) is 9.78. The van der Waals surface area contributed by atoms with E-state index in [1.54, 1.807) is 6.07 Å². The Bertz CT molecular complexity index is 442. The van der Waals surface area contributed by atoms with Crippen LogP contribution in [0.5, 0.6) is 17.2 Å². The molecule has 2 rings (SSSR count). The van der Waals surface area contributed by atoms with Crippen LogP contribution in [0.25, 0.3) is 0 Å². The van der Waals surface area contributed by atoms with Gasteiger partial charge in [0, 0.05) is 5.56 Å². The number of hydrogen-bond donors (Lipinski definition) is 1. The van der Waals surface area contributed by atoms with Gasteiger partial charge in [-0.25, -0.2) is 4.79 Å². The number of carbonyl (C=O) groups excluding carboxylic acids is 1. The Morgan fingerprint density at radius 1 is 1.41 bits per heavy atom. The highest BCUT2D eigenvalue weighted by molar-refractivity contribution is 5.78. The Balaban J connectivity index is 2.44. The number of ether oxygens (including phenoxy) is 4. The fourth-order valence-electron chi connectivity index (χ4n) is 1.63. The smallest absolute Gasteiger partial charge is 0.339 e. The summed E-state index contributed by atoms with van der Waals surface area (Å²) >= 11 is 0. The summed E-state index contributed by atoms with van der Waals surface area (Å²) in [5.41, 5.74) is 0.281. The zero-order chi connectivity index (χ0) is 12.4. The van der Waals surface area contributed by atoms with E-state index in [2.05, 4.69) is 4.74 Å². The molecule has 0 saturated carbocycles. The maximum atomic E-state index is 11.3. The van der Waals surface area contributed by atoms with Gasteiger partial charge in [0.2, 0.25) is 12.5 Å². The minimum atomic E-state index is -1.41. The largest absolute Gasteiger partial charge is 0.492 e. The lowest BCUT2D eigenvalue weighted by atomic mass is 10.1. The summed E-state index contributed by atoms with van der Waals surface area (Å²) in [7, 11) is 2.62. The number of methoxy groups -OCH3 is 2. The standard InChI is InChI=1S/C11H12O6/c1-14-9-6(8(12)11(13)15-2)3-4-7-10(9)17-5-16-7/h3-4,8,12H,5H2,1-2H3. The summed E-state index contributed by atoms with van der Waals surface area (Å²) in [6.07, 6.45) is -1.41. The van der Waals surface area contributed by atoms with Gasteiger partial charge in [-0.3, -0.25) is 0 Å². The second-order valence-corrected chi connectivity index (χ2v) is 3.35. The molecular weight excluding hydrogens is 228 g/mol. The van der Waals surface area contributed by atoms with Crippen molar-refractivity contribution >= 4 is 5.97 Å². The van der Waals surface area contributed by atoms with E-state index in [0.29, 0.717) is 11.5 Å². The number of aliphatic hydroxyl groups is 1. The van der Waals surface area contributed by atoms with E-state index in [9.17, 15) is 9.90 Å². The van der Waals surface area contributed by atoms with E-state index in [-0.39, 0.29) is 18.1 Å². The molecule has 1 N–H and O–H groups in total. The van der Waals surface area contributed by atoms with Crippen molar-refractivity contribution in [3.05, 3.63) is 17.7 Å². The summed E-state index contributed by atoms with van der Waals surface area (Å²) in [5.74, 6) is 0.413. The first-order valence-corrected chi connectivity index (χ1v) is 4.91. The van der Waals surface area contributed by atoms with Crippen molar-refractivity contribution < 1.29 is 28.8 Å². The quantitative estimate of drug-likeness (QED) is 0.781. The van der Waals surface area contributed by atoms with Crippen molar-refractivity contribution in [1.82, 2.24) is 0 Å². The summed E-state index contributed by atoms with van der Waals surface area (Å²) < 4.78 is 20.0. The van der Waals surface area contributed by atoms with Crippen LogP contribution in [-0.2, 0) is 9.53 Å². The van der Waals surface area contributed by atoms with Crippen LogP contribution >= 0.6 is 0 Å². The molecule has 0 radical (unpaired) electrons. The zero-order valence-electron chi connectivity index (χ0n) is 9.43. The van der Waals surface area contributed by atoms with E-state index in [1.165, 1.54) is 20.3 Å². The van der Waals surface area contributed by atoms with E-state index >= 15 is 0 Å². The Morgan fingerprint density at radius 2 is 2.18 bits per heavy atom. The fourth-order valence-corrected chi connectivity index (χ4v) is 1.63. The van der Waals surface area contributed by atoms with Gasteiger partial charge in [-0.2, -0.15) is 0 Å². The predicted molar refractivity (Wildman–Crippen MR) is 56.1 cm³/mol. The molecule has 1 unspecified atom stereocenters. The van der Waals surface area contributed by atoms with Crippen molar-refractivity contribution in [2.75, 3.05) is 21.0 Å². The third kappa shape index (κ3) is 1.87. The normalized spacial score (nSPS) is 14.3. The van der Waals surface area contributed by atoms with Crippen molar-refractivity contribution in [3.63, 3.8) is 0 Å². The lowest BCUT2D eigenvalue weighted by Gasteiger charge is -2.14. The number of rotatable bonds is 3. The van der Waals surface area contributed by atoms with Gasteiger partial charge in [0.25, 0.3) is 0 Å². The minimum absolute atomic E-state index is 0.0868. The molecule has 6 nitrogen and oxygen atoms in total. The van der Waals surface area contributed by atoms with E-state index in [4.69, 9.17) is 14.2 Å². The lowest BCUT2D eigenvalue weighted by molar-refractivity contribution is -0.150. The molecule has 0 spiro atoms. The molecule has 1 atom stereocenters. The average molecular weight is 240 g/mol. The minimum Gasteiger partial charge on any atom is -0.492 e.